The predicted octanol–water partition coefficient (Wildman–Crippen LogP) is 6.35. The zero-order valence-corrected chi connectivity index (χ0v) is 21.8. The molecule has 4 aromatic rings. The van der Waals surface area contributed by atoms with Gasteiger partial charge in [0, 0.05) is 0 Å². The Morgan fingerprint density at radius 3 is 2.50 bits per heavy atom. The number of aromatic nitrogens is 2. The molecular weight excluding hydrogens is 480 g/mol. The maximum absolute atomic E-state index is 13.8. The summed E-state index contributed by atoms with van der Waals surface area (Å²) in [5, 5.41) is 10.1. The minimum Gasteiger partial charge on any atom is -0.478 e. The van der Waals surface area contributed by atoms with E-state index in [4.69, 9.17) is 9.47 Å². The standard InChI is InChI=1S/C31H32N2O5/c1-3-37-27-19-33-24(14-12-21(2)28(33)32-27)20-38-30(36)31(16-8-5-9-17-31)23-13-15-25(26(18-23)29(34)35)22-10-6-4-7-11-22/h4,6-7,10-15,18-19H,3,5,8-9,16-17,20H2,1-2H3,(H,34,35). The molecule has 7 nitrogen and oxygen atoms in total. The van der Waals surface area contributed by atoms with Crippen molar-refractivity contribution in [2.24, 2.45) is 0 Å². The van der Waals surface area contributed by atoms with E-state index in [0.29, 0.717) is 36.5 Å². The van der Waals surface area contributed by atoms with E-state index in [-0.39, 0.29) is 18.1 Å². The summed E-state index contributed by atoms with van der Waals surface area (Å²) in [5.41, 5.74) is 4.01. The molecule has 1 aliphatic rings. The Labute approximate surface area is 222 Å². The molecule has 0 atom stereocenters. The van der Waals surface area contributed by atoms with E-state index in [1.807, 2.05) is 79.0 Å². The maximum Gasteiger partial charge on any atom is 0.336 e. The molecule has 0 aliphatic heterocycles. The number of fused-ring (bicyclic) bond motifs is 1. The van der Waals surface area contributed by atoms with Gasteiger partial charge >= 0.3 is 11.9 Å². The number of carboxylic acids is 1. The first kappa shape index (κ1) is 25.5. The molecule has 196 valence electrons. The van der Waals surface area contributed by atoms with Crippen molar-refractivity contribution in [2.45, 2.75) is 58.0 Å². The topological polar surface area (TPSA) is 90.1 Å². The quantitative estimate of drug-likeness (QED) is 0.277. The first-order valence-electron chi connectivity index (χ1n) is 13.1. The fourth-order valence-corrected chi connectivity index (χ4v) is 5.50. The number of benzene rings is 2. The lowest BCUT2D eigenvalue weighted by Crippen LogP contribution is -2.39. The third-order valence-corrected chi connectivity index (χ3v) is 7.50. The SMILES string of the molecule is CCOc1cn2c(COC(=O)C3(c4ccc(-c5ccccc5)c(C(=O)O)c4)CCCCC3)ccc(C)c2n1. The number of pyridine rings is 1. The van der Waals surface area contributed by atoms with Crippen molar-refractivity contribution < 1.29 is 24.2 Å². The molecule has 2 aromatic carbocycles. The largest absolute Gasteiger partial charge is 0.478 e. The number of aromatic carboxylic acids is 1. The van der Waals surface area contributed by atoms with E-state index in [0.717, 1.165) is 41.7 Å². The number of hydrogen-bond acceptors (Lipinski definition) is 5. The lowest BCUT2D eigenvalue weighted by atomic mass is 9.69. The molecule has 0 bridgehead atoms. The van der Waals surface area contributed by atoms with Crippen LogP contribution in [-0.4, -0.2) is 33.0 Å². The summed E-state index contributed by atoms with van der Waals surface area (Å²) in [6.45, 7) is 4.47. The second kappa shape index (κ2) is 10.7. The summed E-state index contributed by atoms with van der Waals surface area (Å²) in [6, 6.07) is 18.7. The van der Waals surface area contributed by atoms with Crippen molar-refractivity contribution in [3.8, 4) is 17.0 Å². The van der Waals surface area contributed by atoms with Gasteiger partial charge in [-0.05, 0) is 61.1 Å². The van der Waals surface area contributed by atoms with Crippen molar-refractivity contribution in [3.05, 3.63) is 89.2 Å². The highest BCUT2D eigenvalue weighted by Crippen LogP contribution is 2.42. The van der Waals surface area contributed by atoms with Crippen LogP contribution < -0.4 is 4.74 Å². The van der Waals surface area contributed by atoms with Gasteiger partial charge in [-0.3, -0.25) is 9.20 Å². The van der Waals surface area contributed by atoms with E-state index in [1.165, 1.54) is 0 Å². The minimum atomic E-state index is -1.02. The van der Waals surface area contributed by atoms with Crippen LogP contribution in [0.2, 0.25) is 0 Å². The van der Waals surface area contributed by atoms with Crippen molar-refractivity contribution in [3.63, 3.8) is 0 Å². The highest BCUT2D eigenvalue weighted by atomic mass is 16.5. The summed E-state index contributed by atoms with van der Waals surface area (Å²) >= 11 is 0. The van der Waals surface area contributed by atoms with Crippen LogP contribution in [0.1, 0.15) is 66.2 Å². The van der Waals surface area contributed by atoms with Gasteiger partial charge in [0.15, 0.2) is 0 Å². The van der Waals surface area contributed by atoms with Gasteiger partial charge in [0.05, 0.1) is 29.5 Å². The third-order valence-electron chi connectivity index (χ3n) is 7.50. The van der Waals surface area contributed by atoms with Crippen molar-refractivity contribution in [2.75, 3.05) is 6.61 Å². The molecule has 0 spiro atoms. The molecule has 1 aliphatic carbocycles. The number of carbonyl (C=O) groups is 2. The van der Waals surface area contributed by atoms with Crippen LogP contribution in [0.25, 0.3) is 16.8 Å². The Kier molecular flexibility index (Phi) is 7.18. The fraction of sp³-hybridized carbons (Fsp3) is 0.323. The second-order valence-corrected chi connectivity index (χ2v) is 9.86. The van der Waals surface area contributed by atoms with Crippen LogP contribution in [-0.2, 0) is 21.6 Å². The van der Waals surface area contributed by atoms with Crippen LogP contribution in [0.15, 0.2) is 66.9 Å². The number of nitrogens with zero attached hydrogens (tertiary/aromatic N) is 2. The Morgan fingerprint density at radius 1 is 1.03 bits per heavy atom. The summed E-state index contributed by atoms with van der Waals surface area (Å²) < 4.78 is 13.5. The van der Waals surface area contributed by atoms with E-state index >= 15 is 0 Å². The Balaban J connectivity index is 1.47. The lowest BCUT2D eigenvalue weighted by Gasteiger charge is -2.35. The van der Waals surface area contributed by atoms with Crippen LogP contribution >= 0.6 is 0 Å². The number of hydrogen-bond donors (Lipinski definition) is 1. The Morgan fingerprint density at radius 2 is 1.79 bits per heavy atom. The maximum atomic E-state index is 13.8. The molecule has 0 radical (unpaired) electrons. The van der Waals surface area contributed by atoms with Crippen molar-refractivity contribution >= 4 is 17.6 Å². The van der Waals surface area contributed by atoms with Crippen LogP contribution in [0, 0.1) is 6.92 Å². The molecule has 0 unspecified atom stereocenters. The molecular formula is C31H32N2O5. The van der Waals surface area contributed by atoms with Crippen LogP contribution in [0.4, 0.5) is 0 Å². The molecule has 38 heavy (non-hydrogen) atoms. The smallest absolute Gasteiger partial charge is 0.336 e. The normalized spacial score (nSPS) is 14.8. The highest BCUT2D eigenvalue weighted by molar-refractivity contribution is 5.97. The molecule has 1 fully saturated rings. The molecule has 1 N–H and O–H groups in total. The van der Waals surface area contributed by atoms with Gasteiger partial charge < -0.3 is 14.6 Å². The lowest BCUT2D eigenvalue weighted by molar-refractivity contribution is -0.153. The molecule has 2 heterocycles. The predicted molar refractivity (Wildman–Crippen MR) is 144 cm³/mol. The van der Waals surface area contributed by atoms with Gasteiger partial charge in [0.2, 0.25) is 5.88 Å². The molecule has 0 saturated heterocycles. The summed E-state index contributed by atoms with van der Waals surface area (Å²) in [5.74, 6) is -0.810. The van der Waals surface area contributed by atoms with Crippen molar-refractivity contribution in [1.29, 1.82) is 0 Å². The van der Waals surface area contributed by atoms with Gasteiger partial charge in [-0.2, -0.15) is 4.98 Å². The molecule has 0 amide bonds. The zero-order chi connectivity index (χ0) is 26.7. The van der Waals surface area contributed by atoms with E-state index in [9.17, 15) is 14.7 Å². The number of ether oxygens (including phenoxy) is 2. The minimum absolute atomic E-state index is 0.0766. The average Bonchev–Trinajstić information content (AvgIpc) is 3.38. The molecule has 1 saturated carbocycles. The van der Waals surface area contributed by atoms with E-state index in [2.05, 4.69) is 4.98 Å². The second-order valence-electron chi connectivity index (χ2n) is 9.86. The highest BCUT2D eigenvalue weighted by Gasteiger charge is 2.43. The van der Waals surface area contributed by atoms with Gasteiger partial charge in [0.25, 0.3) is 0 Å². The number of aryl methyl sites for hydroxylation is 1. The zero-order valence-electron chi connectivity index (χ0n) is 21.8. The number of imidazole rings is 1. The Hall–Kier alpha value is -4.13. The number of carbonyl (C=O) groups excluding carboxylic acids is 1. The van der Waals surface area contributed by atoms with E-state index in [1.54, 1.807) is 6.07 Å². The Bertz CT molecular complexity index is 1470. The average molecular weight is 513 g/mol. The fourth-order valence-electron chi connectivity index (χ4n) is 5.50. The number of rotatable bonds is 8. The summed E-state index contributed by atoms with van der Waals surface area (Å²) in [6.07, 6.45) is 5.86. The van der Waals surface area contributed by atoms with E-state index < -0.39 is 11.4 Å². The number of carboxylic acid groups (broad SMARTS) is 1. The van der Waals surface area contributed by atoms with Gasteiger partial charge in [-0.1, -0.05) is 67.8 Å². The molecule has 7 heteroatoms. The molecule has 5 rings (SSSR count). The summed E-state index contributed by atoms with van der Waals surface area (Å²) in [7, 11) is 0. The summed E-state index contributed by atoms with van der Waals surface area (Å²) in [4.78, 5) is 30.6. The van der Waals surface area contributed by atoms with Gasteiger partial charge in [-0.25, -0.2) is 4.79 Å². The number of esters is 1. The molecule has 2 aromatic heterocycles. The van der Waals surface area contributed by atoms with Gasteiger partial charge in [-0.15, -0.1) is 0 Å². The van der Waals surface area contributed by atoms with Crippen molar-refractivity contribution in [1.82, 2.24) is 9.38 Å². The third kappa shape index (κ3) is 4.76. The first-order valence-corrected chi connectivity index (χ1v) is 13.1. The van der Waals surface area contributed by atoms with Crippen LogP contribution in [0.3, 0.4) is 0 Å². The van der Waals surface area contributed by atoms with Crippen LogP contribution in [0.5, 0.6) is 5.88 Å². The van der Waals surface area contributed by atoms with Gasteiger partial charge in [0.1, 0.15) is 12.3 Å². The monoisotopic (exact) mass is 512 g/mol. The first-order chi connectivity index (χ1) is 18.4.